The topological polar surface area (TPSA) is 24.1 Å². The van der Waals surface area contributed by atoms with Crippen molar-refractivity contribution in [3.05, 3.63) is 72.8 Å². The molecule has 0 aliphatic carbocycles. The smallest absolute Gasteiger partial charge is 0.0346 e. The third-order valence-corrected chi connectivity index (χ3v) is 5.40. The van der Waals surface area contributed by atoms with Gasteiger partial charge in [-0.15, -0.1) is 0 Å². The van der Waals surface area contributed by atoms with E-state index in [4.69, 9.17) is 0 Å². The Bertz CT molecular complexity index is 896. The fraction of sp³-hybridized carbons (Fsp3) is 0.357. The lowest BCUT2D eigenvalue weighted by Crippen LogP contribution is -2.05. The minimum atomic E-state index is 0.707. The molecule has 0 saturated heterocycles. The quantitative estimate of drug-likeness (QED) is 0.361. The Labute approximate surface area is 182 Å². The number of rotatable bonds is 10. The van der Waals surface area contributed by atoms with Gasteiger partial charge in [0.2, 0.25) is 0 Å². The molecule has 0 atom stereocenters. The highest BCUT2D eigenvalue weighted by Crippen LogP contribution is 2.35. The molecule has 0 amide bonds. The Kier molecular flexibility index (Phi) is 7.96. The zero-order chi connectivity index (χ0) is 21.3. The molecular weight excluding hydrogens is 364 g/mol. The van der Waals surface area contributed by atoms with Crippen LogP contribution in [-0.2, 0) is 0 Å². The summed E-state index contributed by atoms with van der Waals surface area (Å²) in [7, 11) is 0. The van der Waals surface area contributed by atoms with E-state index in [1.54, 1.807) is 0 Å². The molecule has 0 radical (unpaired) electrons. The second-order valence-electron chi connectivity index (χ2n) is 8.92. The van der Waals surface area contributed by atoms with Crippen LogP contribution >= 0.6 is 0 Å². The molecule has 0 unspecified atom stereocenters. The van der Waals surface area contributed by atoms with E-state index < -0.39 is 0 Å². The van der Waals surface area contributed by atoms with Gasteiger partial charge in [-0.2, -0.15) is 0 Å². The molecule has 0 aromatic heterocycles. The van der Waals surface area contributed by atoms with Crippen molar-refractivity contribution in [2.24, 2.45) is 11.8 Å². The van der Waals surface area contributed by atoms with Crippen LogP contribution in [0.25, 0.3) is 22.3 Å². The fourth-order valence-corrected chi connectivity index (χ4v) is 3.54. The summed E-state index contributed by atoms with van der Waals surface area (Å²) in [5, 5.41) is 7.13. The molecule has 2 heteroatoms. The molecule has 0 aliphatic rings. The summed E-state index contributed by atoms with van der Waals surface area (Å²) >= 11 is 0. The van der Waals surface area contributed by atoms with E-state index >= 15 is 0 Å². The highest BCUT2D eigenvalue weighted by Gasteiger charge is 2.09. The van der Waals surface area contributed by atoms with Crippen LogP contribution in [0.2, 0.25) is 0 Å². The van der Waals surface area contributed by atoms with Crippen LogP contribution in [-0.4, -0.2) is 13.1 Å². The fourth-order valence-electron chi connectivity index (χ4n) is 3.54. The van der Waals surface area contributed by atoms with E-state index in [0.29, 0.717) is 5.92 Å². The van der Waals surface area contributed by atoms with Gasteiger partial charge in [0.25, 0.3) is 0 Å². The van der Waals surface area contributed by atoms with Crippen LogP contribution in [0, 0.1) is 11.8 Å². The van der Waals surface area contributed by atoms with Crippen molar-refractivity contribution in [1.29, 1.82) is 0 Å². The second-order valence-corrected chi connectivity index (χ2v) is 8.92. The summed E-state index contributed by atoms with van der Waals surface area (Å²) in [5.74, 6) is 1.43. The van der Waals surface area contributed by atoms with E-state index in [0.717, 1.165) is 19.0 Å². The van der Waals surface area contributed by atoms with Gasteiger partial charge in [-0.05, 0) is 71.2 Å². The SMILES string of the molecule is CC(C)CCNc1ccc(-c2ccc(NCCC(C)C)cc2-c2ccccc2)cc1. The Morgan fingerprint density at radius 1 is 0.567 bits per heavy atom. The lowest BCUT2D eigenvalue weighted by atomic mass is 9.94. The van der Waals surface area contributed by atoms with E-state index in [2.05, 4.69) is 111 Å². The summed E-state index contributed by atoms with van der Waals surface area (Å²) in [4.78, 5) is 0. The van der Waals surface area contributed by atoms with Gasteiger partial charge in [0.15, 0.2) is 0 Å². The monoisotopic (exact) mass is 400 g/mol. The molecule has 3 aromatic rings. The van der Waals surface area contributed by atoms with Crippen molar-refractivity contribution in [3.8, 4) is 22.3 Å². The number of hydrogen-bond donors (Lipinski definition) is 2. The third kappa shape index (κ3) is 6.38. The van der Waals surface area contributed by atoms with Gasteiger partial charge in [0.1, 0.15) is 0 Å². The Morgan fingerprint density at radius 2 is 1.10 bits per heavy atom. The molecular formula is C28H36N2. The van der Waals surface area contributed by atoms with Crippen LogP contribution in [0.1, 0.15) is 40.5 Å². The molecule has 2 nitrogen and oxygen atoms in total. The van der Waals surface area contributed by atoms with Gasteiger partial charge in [0, 0.05) is 24.5 Å². The van der Waals surface area contributed by atoms with Crippen LogP contribution in [0.5, 0.6) is 0 Å². The lowest BCUT2D eigenvalue weighted by Gasteiger charge is -2.15. The van der Waals surface area contributed by atoms with Gasteiger partial charge >= 0.3 is 0 Å². The summed E-state index contributed by atoms with van der Waals surface area (Å²) in [6.07, 6.45) is 2.36. The van der Waals surface area contributed by atoms with E-state index in [-0.39, 0.29) is 0 Å². The molecule has 0 aliphatic heterocycles. The zero-order valence-corrected chi connectivity index (χ0v) is 18.9. The molecule has 158 valence electrons. The summed E-state index contributed by atoms with van der Waals surface area (Å²) in [6.45, 7) is 11.1. The molecule has 2 N–H and O–H groups in total. The maximum absolute atomic E-state index is 3.60. The van der Waals surface area contributed by atoms with Crippen LogP contribution in [0.15, 0.2) is 72.8 Å². The maximum atomic E-state index is 3.60. The predicted octanol–water partition coefficient (Wildman–Crippen LogP) is 7.94. The van der Waals surface area contributed by atoms with Gasteiger partial charge < -0.3 is 10.6 Å². The molecule has 0 bridgehead atoms. The van der Waals surface area contributed by atoms with Crippen LogP contribution < -0.4 is 10.6 Å². The van der Waals surface area contributed by atoms with Gasteiger partial charge in [-0.1, -0.05) is 76.2 Å². The van der Waals surface area contributed by atoms with E-state index in [1.807, 2.05) is 0 Å². The summed E-state index contributed by atoms with van der Waals surface area (Å²) < 4.78 is 0. The molecule has 3 rings (SSSR count). The average Bonchev–Trinajstić information content (AvgIpc) is 2.74. The number of anilines is 2. The largest absolute Gasteiger partial charge is 0.385 e. The predicted molar refractivity (Wildman–Crippen MR) is 133 cm³/mol. The van der Waals surface area contributed by atoms with Crippen molar-refractivity contribution in [1.82, 2.24) is 0 Å². The molecule has 0 spiro atoms. The van der Waals surface area contributed by atoms with E-state index in [9.17, 15) is 0 Å². The summed E-state index contributed by atoms with van der Waals surface area (Å²) in [5.41, 5.74) is 7.41. The molecule has 0 saturated carbocycles. The Balaban J connectivity index is 1.84. The highest BCUT2D eigenvalue weighted by atomic mass is 14.9. The van der Waals surface area contributed by atoms with Gasteiger partial charge in [-0.3, -0.25) is 0 Å². The third-order valence-electron chi connectivity index (χ3n) is 5.40. The van der Waals surface area contributed by atoms with Crippen molar-refractivity contribution >= 4 is 11.4 Å². The van der Waals surface area contributed by atoms with E-state index in [1.165, 1.54) is 46.5 Å². The first-order valence-electron chi connectivity index (χ1n) is 11.3. The van der Waals surface area contributed by atoms with Gasteiger partial charge in [0.05, 0.1) is 0 Å². The standard InChI is InChI=1S/C28H36N2/c1-21(2)16-18-29-25-12-10-24(11-13-25)27-15-14-26(30-19-17-22(3)4)20-28(27)23-8-6-5-7-9-23/h5-15,20-22,29-30H,16-19H2,1-4H3. The molecule has 3 aromatic carbocycles. The van der Waals surface area contributed by atoms with Crippen molar-refractivity contribution in [3.63, 3.8) is 0 Å². The first kappa shape index (κ1) is 22.0. The second kappa shape index (κ2) is 10.9. The first-order chi connectivity index (χ1) is 14.5. The molecule has 0 heterocycles. The minimum Gasteiger partial charge on any atom is -0.385 e. The minimum absolute atomic E-state index is 0.707. The van der Waals surface area contributed by atoms with Crippen LogP contribution in [0.4, 0.5) is 11.4 Å². The number of benzene rings is 3. The molecule has 30 heavy (non-hydrogen) atoms. The Hall–Kier alpha value is -2.74. The van der Waals surface area contributed by atoms with Crippen molar-refractivity contribution in [2.75, 3.05) is 23.7 Å². The van der Waals surface area contributed by atoms with Crippen LogP contribution in [0.3, 0.4) is 0 Å². The molecule has 0 fully saturated rings. The average molecular weight is 401 g/mol. The number of nitrogens with one attached hydrogen (secondary N) is 2. The normalized spacial score (nSPS) is 11.1. The lowest BCUT2D eigenvalue weighted by molar-refractivity contribution is 0.607. The van der Waals surface area contributed by atoms with Crippen molar-refractivity contribution < 1.29 is 0 Å². The Morgan fingerprint density at radius 3 is 1.70 bits per heavy atom. The number of hydrogen-bond acceptors (Lipinski definition) is 2. The maximum Gasteiger partial charge on any atom is 0.0346 e. The first-order valence-corrected chi connectivity index (χ1v) is 11.3. The highest BCUT2D eigenvalue weighted by molar-refractivity contribution is 5.86. The summed E-state index contributed by atoms with van der Waals surface area (Å²) in [6, 6.07) is 26.3. The van der Waals surface area contributed by atoms with Gasteiger partial charge in [-0.25, -0.2) is 0 Å². The van der Waals surface area contributed by atoms with Crippen molar-refractivity contribution in [2.45, 2.75) is 40.5 Å². The zero-order valence-electron chi connectivity index (χ0n) is 18.9.